The highest BCUT2D eigenvalue weighted by Gasteiger charge is 2.07. The Morgan fingerprint density at radius 1 is 1.24 bits per heavy atom. The lowest BCUT2D eigenvalue weighted by Gasteiger charge is -2.08. The molecule has 1 aromatic carbocycles. The van der Waals surface area contributed by atoms with Crippen molar-refractivity contribution in [3.05, 3.63) is 23.8 Å². The van der Waals surface area contributed by atoms with Gasteiger partial charge in [-0.25, -0.2) is 0 Å². The van der Waals surface area contributed by atoms with E-state index in [1.807, 2.05) is 12.1 Å². The van der Waals surface area contributed by atoms with Crippen LogP contribution in [0.3, 0.4) is 0 Å². The lowest BCUT2D eigenvalue weighted by atomic mass is 10.1. The third-order valence-electron chi connectivity index (χ3n) is 2.31. The lowest BCUT2D eigenvalue weighted by Crippen LogP contribution is -2.02. The number of methoxy groups -OCH3 is 2. The average molecular weight is 232 g/mol. The first kappa shape index (κ1) is 13.1. The number of hydrogen-bond acceptors (Lipinski definition) is 3. The smallest absolute Gasteiger partial charge is 0.161 e. The summed E-state index contributed by atoms with van der Waals surface area (Å²) >= 11 is 0. The fourth-order valence-corrected chi connectivity index (χ4v) is 1.47. The first-order valence-corrected chi connectivity index (χ1v) is 5.33. The largest absolute Gasteiger partial charge is 0.493 e. The molecule has 0 radical (unpaired) electrons. The summed E-state index contributed by atoms with van der Waals surface area (Å²) in [6.07, 6.45) is 0.667. The second-order valence-electron chi connectivity index (χ2n) is 3.51. The monoisotopic (exact) mass is 232 g/mol. The fourth-order valence-electron chi connectivity index (χ4n) is 1.47. The fraction of sp³-hybridized carbons (Fsp3) is 0.357. The van der Waals surface area contributed by atoms with E-state index in [4.69, 9.17) is 9.47 Å². The summed E-state index contributed by atoms with van der Waals surface area (Å²) in [5.41, 5.74) is 0.908. The summed E-state index contributed by atoms with van der Waals surface area (Å²) in [5.74, 6) is 6.88. The van der Waals surface area contributed by atoms with Gasteiger partial charge in [-0.1, -0.05) is 12.0 Å². The van der Waals surface area contributed by atoms with Gasteiger partial charge in [0.05, 0.1) is 20.6 Å². The number of hydrogen-bond donors (Lipinski definition) is 0. The van der Waals surface area contributed by atoms with Crippen LogP contribution in [0.5, 0.6) is 11.5 Å². The Balaban J connectivity index is 2.77. The first-order chi connectivity index (χ1) is 8.21. The number of rotatable bonds is 5. The maximum atomic E-state index is 11.6. The molecular formula is C14H16O3. The third-order valence-corrected chi connectivity index (χ3v) is 2.31. The van der Waals surface area contributed by atoms with Crippen molar-refractivity contribution in [2.24, 2.45) is 0 Å². The van der Waals surface area contributed by atoms with Gasteiger partial charge in [0.2, 0.25) is 0 Å². The van der Waals surface area contributed by atoms with E-state index in [9.17, 15) is 4.79 Å². The van der Waals surface area contributed by atoms with Crippen molar-refractivity contribution in [1.82, 2.24) is 0 Å². The Kier molecular flexibility index (Phi) is 5.09. The molecule has 0 unspecified atom stereocenters. The van der Waals surface area contributed by atoms with Crippen LogP contribution in [0.15, 0.2) is 18.2 Å². The zero-order chi connectivity index (χ0) is 12.7. The normalized spacial score (nSPS) is 9.12. The highest BCUT2D eigenvalue weighted by Crippen LogP contribution is 2.27. The Labute approximate surface area is 102 Å². The maximum absolute atomic E-state index is 11.6. The highest BCUT2D eigenvalue weighted by atomic mass is 16.5. The first-order valence-electron chi connectivity index (χ1n) is 5.33. The molecule has 0 saturated heterocycles. The summed E-state index contributed by atoms with van der Waals surface area (Å²) in [7, 11) is 3.16. The molecule has 0 bridgehead atoms. The molecule has 0 aliphatic rings. The molecule has 0 aliphatic heterocycles. The molecule has 0 fully saturated rings. The van der Waals surface area contributed by atoms with Gasteiger partial charge < -0.3 is 9.47 Å². The van der Waals surface area contributed by atoms with E-state index in [2.05, 4.69) is 11.8 Å². The van der Waals surface area contributed by atoms with E-state index in [-0.39, 0.29) is 5.78 Å². The van der Waals surface area contributed by atoms with Gasteiger partial charge in [0, 0.05) is 6.42 Å². The van der Waals surface area contributed by atoms with Gasteiger partial charge in [-0.2, -0.15) is 0 Å². The zero-order valence-electron chi connectivity index (χ0n) is 10.4. The van der Waals surface area contributed by atoms with Crippen LogP contribution in [0.25, 0.3) is 0 Å². The number of carbonyl (C=O) groups is 1. The van der Waals surface area contributed by atoms with Crippen LogP contribution in [0.1, 0.15) is 18.9 Å². The Hall–Kier alpha value is -1.95. The molecule has 1 rings (SSSR count). The molecule has 0 heterocycles. The minimum atomic E-state index is 0.103. The molecule has 0 aliphatic carbocycles. The molecule has 90 valence electrons. The van der Waals surface area contributed by atoms with Crippen molar-refractivity contribution in [1.29, 1.82) is 0 Å². The van der Waals surface area contributed by atoms with E-state index >= 15 is 0 Å². The van der Waals surface area contributed by atoms with Crippen LogP contribution in [-0.4, -0.2) is 20.0 Å². The predicted molar refractivity (Wildman–Crippen MR) is 66.3 cm³/mol. The van der Waals surface area contributed by atoms with Crippen LogP contribution in [-0.2, 0) is 11.2 Å². The number of benzene rings is 1. The van der Waals surface area contributed by atoms with Gasteiger partial charge in [0.15, 0.2) is 11.5 Å². The Bertz CT molecular complexity index is 452. The molecule has 0 N–H and O–H groups in total. The quantitative estimate of drug-likeness (QED) is 0.730. The van der Waals surface area contributed by atoms with E-state index in [1.165, 1.54) is 0 Å². The third kappa shape index (κ3) is 3.84. The molecular weight excluding hydrogens is 216 g/mol. The minimum absolute atomic E-state index is 0.103. The van der Waals surface area contributed by atoms with Gasteiger partial charge in [0.1, 0.15) is 5.78 Å². The number of ether oxygens (including phenoxy) is 2. The summed E-state index contributed by atoms with van der Waals surface area (Å²) in [4.78, 5) is 11.6. The molecule has 1 aromatic rings. The lowest BCUT2D eigenvalue weighted by molar-refractivity contribution is -0.117. The minimum Gasteiger partial charge on any atom is -0.493 e. The highest BCUT2D eigenvalue weighted by molar-refractivity contribution is 5.83. The van der Waals surface area contributed by atoms with Gasteiger partial charge in [-0.3, -0.25) is 4.79 Å². The number of Topliss-reactive ketones (excluding diaryl/α,β-unsaturated/α-hetero) is 1. The molecule has 0 saturated carbocycles. The van der Waals surface area contributed by atoms with Gasteiger partial charge in [-0.05, 0) is 24.6 Å². The Morgan fingerprint density at radius 3 is 2.53 bits per heavy atom. The molecule has 0 aromatic heterocycles. The van der Waals surface area contributed by atoms with E-state index in [1.54, 1.807) is 27.2 Å². The molecule has 17 heavy (non-hydrogen) atoms. The Morgan fingerprint density at radius 2 is 1.94 bits per heavy atom. The molecule has 3 nitrogen and oxygen atoms in total. The van der Waals surface area contributed by atoms with Crippen LogP contribution in [0, 0.1) is 11.8 Å². The van der Waals surface area contributed by atoms with Crippen molar-refractivity contribution in [3.8, 4) is 23.3 Å². The van der Waals surface area contributed by atoms with E-state index in [0.29, 0.717) is 24.3 Å². The van der Waals surface area contributed by atoms with Crippen molar-refractivity contribution in [3.63, 3.8) is 0 Å². The maximum Gasteiger partial charge on any atom is 0.161 e. The zero-order valence-corrected chi connectivity index (χ0v) is 10.4. The van der Waals surface area contributed by atoms with Crippen LogP contribution in [0.2, 0.25) is 0 Å². The summed E-state index contributed by atoms with van der Waals surface area (Å²) in [6.45, 7) is 1.73. The SMILES string of the molecule is CC#CCC(=O)Cc1ccc(OC)c(OC)c1. The molecule has 3 heteroatoms. The van der Waals surface area contributed by atoms with Gasteiger partial charge >= 0.3 is 0 Å². The van der Waals surface area contributed by atoms with Crippen LogP contribution < -0.4 is 9.47 Å². The predicted octanol–water partition coefficient (Wildman–Crippen LogP) is 2.23. The van der Waals surface area contributed by atoms with Crippen molar-refractivity contribution in [2.45, 2.75) is 19.8 Å². The summed E-state index contributed by atoms with van der Waals surface area (Å²) < 4.78 is 10.3. The average Bonchev–Trinajstić information content (AvgIpc) is 2.36. The molecule has 0 spiro atoms. The summed E-state index contributed by atoms with van der Waals surface area (Å²) in [5, 5.41) is 0. The molecule has 0 atom stereocenters. The second kappa shape index (κ2) is 6.59. The van der Waals surface area contributed by atoms with Crippen LogP contribution >= 0.6 is 0 Å². The topological polar surface area (TPSA) is 35.5 Å². The van der Waals surface area contributed by atoms with Crippen molar-refractivity contribution in [2.75, 3.05) is 14.2 Å². The van der Waals surface area contributed by atoms with E-state index in [0.717, 1.165) is 5.56 Å². The van der Waals surface area contributed by atoms with Crippen molar-refractivity contribution < 1.29 is 14.3 Å². The number of ketones is 1. The van der Waals surface area contributed by atoms with Crippen molar-refractivity contribution >= 4 is 5.78 Å². The molecule has 0 amide bonds. The van der Waals surface area contributed by atoms with Crippen LogP contribution in [0.4, 0.5) is 0 Å². The number of carbonyl (C=O) groups excluding carboxylic acids is 1. The van der Waals surface area contributed by atoms with Gasteiger partial charge in [-0.15, -0.1) is 5.92 Å². The second-order valence-corrected chi connectivity index (χ2v) is 3.51. The standard InChI is InChI=1S/C14H16O3/c1-4-5-6-12(15)9-11-7-8-13(16-2)14(10-11)17-3/h7-8,10H,6,9H2,1-3H3. The van der Waals surface area contributed by atoms with Gasteiger partial charge in [0.25, 0.3) is 0 Å². The van der Waals surface area contributed by atoms with E-state index < -0.39 is 0 Å². The summed E-state index contributed by atoms with van der Waals surface area (Å²) in [6, 6.07) is 5.47.